The molecule has 1 aliphatic rings. The number of halogens is 1. The summed E-state index contributed by atoms with van der Waals surface area (Å²) >= 11 is 0. The van der Waals surface area contributed by atoms with Crippen LogP contribution in [0.4, 0.5) is 5.69 Å². The molecule has 0 bridgehead atoms. The van der Waals surface area contributed by atoms with Gasteiger partial charge in [0, 0.05) is 23.5 Å². The number of carbonyl (C=O) groups excluding carboxylic acids is 1. The summed E-state index contributed by atoms with van der Waals surface area (Å²) in [6, 6.07) is 6.27. The third kappa shape index (κ3) is 3.49. The van der Waals surface area contributed by atoms with E-state index in [9.17, 15) is 4.79 Å². The summed E-state index contributed by atoms with van der Waals surface area (Å²) in [5.41, 5.74) is 1.81. The maximum atomic E-state index is 11.9. The summed E-state index contributed by atoms with van der Waals surface area (Å²) < 4.78 is 0. The lowest BCUT2D eigenvalue weighted by atomic mass is 10.1. The Morgan fingerprint density at radius 2 is 2.35 bits per heavy atom. The van der Waals surface area contributed by atoms with Crippen LogP contribution in [-0.4, -0.2) is 28.7 Å². The number of nitrogens with one attached hydrogen (secondary N) is 3. The van der Waals surface area contributed by atoms with Crippen molar-refractivity contribution >= 4 is 34.9 Å². The highest BCUT2D eigenvalue weighted by molar-refractivity contribution is 5.93. The minimum Gasteiger partial charge on any atom is -0.326 e. The number of benzene rings is 1. The molecule has 2 heterocycles. The maximum absolute atomic E-state index is 11.9. The molecular formula is C14H19ClN4O. The Labute approximate surface area is 123 Å². The van der Waals surface area contributed by atoms with Gasteiger partial charge in [0.05, 0.1) is 11.7 Å². The molecule has 0 spiro atoms. The van der Waals surface area contributed by atoms with Gasteiger partial charge in [-0.15, -0.1) is 12.4 Å². The molecule has 1 aromatic heterocycles. The van der Waals surface area contributed by atoms with Crippen molar-refractivity contribution in [2.75, 3.05) is 11.9 Å². The molecule has 1 atom stereocenters. The lowest BCUT2D eigenvalue weighted by Crippen LogP contribution is -2.23. The average Bonchev–Trinajstić information content (AvgIpc) is 3.07. The van der Waals surface area contributed by atoms with Crippen LogP contribution in [0.1, 0.15) is 25.7 Å². The summed E-state index contributed by atoms with van der Waals surface area (Å²) in [5.74, 6) is 0.0801. The lowest BCUT2D eigenvalue weighted by molar-refractivity contribution is -0.116. The number of hydrogen-bond acceptors (Lipinski definition) is 3. The van der Waals surface area contributed by atoms with Gasteiger partial charge in [0.2, 0.25) is 5.91 Å². The molecule has 0 radical (unpaired) electrons. The van der Waals surface area contributed by atoms with Gasteiger partial charge in [-0.3, -0.25) is 9.89 Å². The third-order valence-corrected chi connectivity index (χ3v) is 3.61. The Bertz CT molecular complexity index is 577. The third-order valence-electron chi connectivity index (χ3n) is 3.61. The molecule has 3 rings (SSSR count). The van der Waals surface area contributed by atoms with Crippen LogP contribution in [0, 0.1) is 0 Å². The largest absolute Gasteiger partial charge is 0.326 e. The van der Waals surface area contributed by atoms with E-state index in [-0.39, 0.29) is 18.3 Å². The van der Waals surface area contributed by atoms with Crippen LogP contribution in [0.5, 0.6) is 0 Å². The van der Waals surface area contributed by atoms with Crippen molar-refractivity contribution in [2.24, 2.45) is 0 Å². The minimum absolute atomic E-state index is 0. The predicted octanol–water partition coefficient (Wildman–Crippen LogP) is 2.46. The zero-order valence-electron chi connectivity index (χ0n) is 11.2. The molecule has 1 fully saturated rings. The Morgan fingerprint density at radius 3 is 3.15 bits per heavy atom. The molecule has 1 saturated heterocycles. The van der Waals surface area contributed by atoms with Crippen molar-refractivity contribution in [3.05, 3.63) is 24.4 Å². The second-order valence-corrected chi connectivity index (χ2v) is 5.05. The number of amides is 1. The fraction of sp³-hybridized carbons (Fsp3) is 0.429. The molecule has 5 nitrogen and oxygen atoms in total. The molecule has 1 aromatic carbocycles. The molecule has 2 aromatic rings. The summed E-state index contributed by atoms with van der Waals surface area (Å²) in [6.07, 6.45) is 5.66. The molecule has 108 valence electrons. The number of aromatic nitrogens is 2. The second kappa shape index (κ2) is 6.72. The van der Waals surface area contributed by atoms with Crippen molar-refractivity contribution in [1.82, 2.24) is 15.5 Å². The van der Waals surface area contributed by atoms with Crippen molar-refractivity contribution in [1.29, 1.82) is 0 Å². The van der Waals surface area contributed by atoms with E-state index in [0.29, 0.717) is 12.5 Å². The minimum atomic E-state index is 0. The molecular weight excluding hydrogens is 276 g/mol. The van der Waals surface area contributed by atoms with Gasteiger partial charge in [0.15, 0.2) is 0 Å². The van der Waals surface area contributed by atoms with E-state index in [0.717, 1.165) is 29.6 Å². The first-order chi connectivity index (χ1) is 9.31. The number of fused-ring (bicyclic) bond motifs is 1. The number of nitrogens with zero attached hydrogens (tertiary/aromatic N) is 1. The van der Waals surface area contributed by atoms with Crippen LogP contribution in [0.2, 0.25) is 0 Å². The van der Waals surface area contributed by atoms with Gasteiger partial charge in [-0.25, -0.2) is 0 Å². The molecule has 0 aliphatic carbocycles. The Hall–Kier alpha value is -1.59. The molecule has 0 saturated carbocycles. The van der Waals surface area contributed by atoms with Crippen LogP contribution in [0.15, 0.2) is 24.4 Å². The van der Waals surface area contributed by atoms with E-state index < -0.39 is 0 Å². The number of H-pyrrole nitrogens is 1. The second-order valence-electron chi connectivity index (χ2n) is 5.05. The van der Waals surface area contributed by atoms with Crippen LogP contribution < -0.4 is 10.6 Å². The molecule has 1 aliphatic heterocycles. The van der Waals surface area contributed by atoms with E-state index in [1.54, 1.807) is 6.20 Å². The van der Waals surface area contributed by atoms with Crippen LogP contribution in [-0.2, 0) is 4.79 Å². The van der Waals surface area contributed by atoms with Crippen molar-refractivity contribution in [2.45, 2.75) is 31.7 Å². The Morgan fingerprint density at radius 1 is 1.45 bits per heavy atom. The summed E-state index contributed by atoms with van der Waals surface area (Å²) in [4.78, 5) is 11.9. The smallest absolute Gasteiger partial charge is 0.224 e. The maximum Gasteiger partial charge on any atom is 0.224 e. The standard InChI is InChI=1S/C14H18N4O.ClH/c19-14(6-4-11-2-1-7-15-11)17-12-3-5-13-10(8-12)9-16-18-13;/h3,5,8-9,11,15H,1-2,4,6-7H2,(H,16,18)(H,17,19);1H. The zero-order valence-corrected chi connectivity index (χ0v) is 12.0. The first kappa shape index (κ1) is 14.8. The zero-order chi connectivity index (χ0) is 13.1. The van der Waals surface area contributed by atoms with E-state index in [1.807, 2.05) is 18.2 Å². The van der Waals surface area contributed by atoms with Crippen LogP contribution >= 0.6 is 12.4 Å². The summed E-state index contributed by atoms with van der Waals surface area (Å²) in [5, 5.41) is 14.2. The first-order valence-corrected chi connectivity index (χ1v) is 6.77. The van der Waals surface area contributed by atoms with E-state index >= 15 is 0 Å². The molecule has 1 amide bonds. The van der Waals surface area contributed by atoms with Crippen molar-refractivity contribution in [3.63, 3.8) is 0 Å². The average molecular weight is 295 g/mol. The number of rotatable bonds is 4. The number of aromatic amines is 1. The van der Waals surface area contributed by atoms with Gasteiger partial charge < -0.3 is 10.6 Å². The molecule has 6 heteroatoms. The van der Waals surface area contributed by atoms with Gasteiger partial charge in [0.1, 0.15) is 0 Å². The fourth-order valence-corrected chi connectivity index (χ4v) is 2.55. The van der Waals surface area contributed by atoms with Crippen molar-refractivity contribution in [3.8, 4) is 0 Å². The molecule has 1 unspecified atom stereocenters. The highest BCUT2D eigenvalue weighted by atomic mass is 35.5. The monoisotopic (exact) mass is 294 g/mol. The van der Waals surface area contributed by atoms with E-state index in [2.05, 4.69) is 20.8 Å². The summed E-state index contributed by atoms with van der Waals surface area (Å²) in [7, 11) is 0. The van der Waals surface area contributed by atoms with Gasteiger partial charge in [0.25, 0.3) is 0 Å². The topological polar surface area (TPSA) is 69.8 Å². The quantitative estimate of drug-likeness (QED) is 0.811. The molecule has 20 heavy (non-hydrogen) atoms. The molecule has 3 N–H and O–H groups in total. The van der Waals surface area contributed by atoms with Crippen molar-refractivity contribution < 1.29 is 4.79 Å². The first-order valence-electron chi connectivity index (χ1n) is 6.77. The normalized spacial score (nSPS) is 17.9. The van der Waals surface area contributed by atoms with Gasteiger partial charge in [-0.1, -0.05) is 0 Å². The van der Waals surface area contributed by atoms with Crippen LogP contribution in [0.3, 0.4) is 0 Å². The number of hydrogen-bond donors (Lipinski definition) is 3. The highest BCUT2D eigenvalue weighted by Crippen LogP contribution is 2.17. The highest BCUT2D eigenvalue weighted by Gasteiger charge is 2.15. The number of carbonyl (C=O) groups is 1. The predicted molar refractivity (Wildman–Crippen MR) is 82.2 cm³/mol. The fourth-order valence-electron chi connectivity index (χ4n) is 2.55. The van der Waals surface area contributed by atoms with Gasteiger partial charge in [-0.05, 0) is 44.0 Å². The lowest BCUT2D eigenvalue weighted by Gasteiger charge is -2.10. The SMILES string of the molecule is Cl.O=C(CCC1CCCN1)Nc1ccc2[nH]ncc2c1. The Kier molecular flexibility index (Phi) is 4.98. The van der Waals surface area contributed by atoms with E-state index in [4.69, 9.17) is 0 Å². The van der Waals surface area contributed by atoms with Crippen LogP contribution in [0.25, 0.3) is 10.9 Å². The summed E-state index contributed by atoms with van der Waals surface area (Å²) in [6.45, 7) is 1.09. The number of anilines is 1. The van der Waals surface area contributed by atoms with E-state index in [1.165, 1.54) is 12.8 Å². The van der Waals surface area contributed by atoms with Gasteiger partial charge >= 0.3 is 0 Å². The Balaban J connectivity index is 0.00000147. The van der Waals surface area contributed by atoms with Gasteiger partial charge in [-0.2, -0.15) is 5.10 Å².